The van der Waals surface area contributed by atoms with E-state index in [1.165, 1.54) is 13.2 Å². The fourth-order valence-electron chi connectivity index (χ4n) is 2.70. The SMILES string of the molecule is COc1ccc(CN2CCN(C(=O)c3n[nH]c(=O)[nH]3)CC2)cc1F. The first-order valence-electron chi connectivity index (χ1n) is 7.55. The zero-order valence-corrected chi connectivity index (χ0v) is 13.2. The molecule has 0 spiro atoms. The van der Waals surface area contributed by atoms with Gasteiger partial charge in [-0.25, -0.2) is 14.3 Å². The molecule has 0 radical (unpaired) electrons. The highest BCUT2D eigenvalue weighted by Crippen LogP contribution is 2.19. The third-order valence-electron chi connectivity index (χ3n) is 3.99. The molecule has 1 aliphatic rings. The van der Waals surface area contributed by atoms with Gasteiger partial charge in [-0.15, -0.1) is 5.10 Å². The van der Waals surface area contributed by atoms with E-state index in [2.05, 4.69) is 20.1 Å². The van der Waals surface area contributed by atoms with Gasteiger partial charge in [0.15, 0.2) is 11.6 Å². The molecule has 1 amide bonds. The summed E-state index contributed by atoms with van der Waals surface area (Å²) in [7, 11) is 1.43. The molecule has 24 heavy (non-hydrogen) atoms. The van der Waals surface area contributed by atoms with Crippen LogP contribution in [-0.4, -0.2) is 64.2 Å². The van der Waals surface area contributed by atoms with Crippen molar-refractivity contribution < 1.29 is 13.9 Å². The smallest absolute Gasteiger partial charge is 0.341 e. The van der Waals surface area contributed by atoms with E-state index in [1.807, 2.05) is 6.07 Å². The second-order valence-corrected chi connectivity index (χ2v) is 5.56. The summed E-state index contributed by atoms with van der Waals surface area (Å²) < 4.78 is 18.6. The number of H-pyrrole nitrogens is 2. The number of halogens is 1. The van der Waals surface area contributed by atoms with E-state index < -0.39 is 5.69 Å². The highest BCUT2D eigenvalue weighted by molar-refractivity contribution is 5.90. The van der Waals surface area contributed by atoms with Crippen LogP contribution in [0, 0.1) is 5.82 Å². The largest absolute Gasteiger partial charge is 0.494 e. The van der Waals surface area contributed by atoms with Crippen molar-refractivity contribution in [2.75, 3.05) is 33.3 Å². The van der Waals surface area contributed by atoms with Gasteiger partial charge in [0.1, 0.15) is 0 Å². The van der Waals surface area contributed by atoms with E-state index in [0.29, 0.717) is 32.7 Å². The Morgan fingerprint density at radius 1 is 1.33 bits per heavy atom. The van der Waals surface area contributed by atoms with Gasteiger partial charge in [0.2, 0.25) is 5.82 Å². The molecule has 0 saturated carbocycles. The minimum atomic E-state index is -0.501. The number of aromatic nitrogens is 3. The highest BCUT2D eigenvalue weighted by atomic mass is 19.1. The molecule has 1 aromatic heterocycles. The van der Waals surface area contributed by atoms with Crippen LogP contribution in [0.4, 0.5) is 4.39 Å². The standard InChI is InChI=1S/C15H18FN5O3/c1-24-12-3-2-10(8-11(12)16)9-20-4-6-21(7-5-20)14(22)13-17-15(23)19-18-13/h2-3,8H,4-7,9H2,1H3,(H2,17,18,19,23). The second-order valence-electron chi connectivity index (χ2n) is 5.56. The monoisotopic (exact) mass is 335 g/mol. The van der Waals surface area contributed by atoms with Crippen LogP contribution in [-0.2, 0) is 6.54 Å². The minimum absolute atomic E-state index is 0.0191. The van der Waals surface area contributed by atoms with Gasteiger partial charge in [0.25, 0.3) is 5.91 Å². The first-order chi connectivity index (χ1) is 11.6. The number of amides is 1. The fraction of sp³-hybridized carbons (Fsp3) is 0.400. The van der Waals surface area contributed by atoms with Crippen LogP contribution in [0.1, 0.15) is 16.2 Å². The van der Waals surface area contributed by atoms with Crippen LogP contribution >= 0.6 is 0 Å². The van der Waals surface area contributed by atoms with E-state index in [-0.39, 0.29) is 23.3 Å². The average molecular weight is 335 g/mol. The number of piperazine rings is 1. The molecule has 9 heteroatoms. The Morgan fingerprint density at radius 2 is 2.08 bits per heavy atom. The lowest BCUT2D eigenvalue weighted by molar-refractivity contribution is 0.0617. The van der Waals surface area contributed by atoms with Gasteiger partial charge in [0, 0.05) is 32.7 Å². The Hall–Kier alpha value is -2.68. The quantitative estimate of drug-likeness (QED) is 0.833. The number of hydrogen-bond donors (Lipinski definition) is 2. The Bertz CT molecular complexity index is 779. The maximum atomic E-state index is 13.7. The highest BCUT2D eigenvalue weighted by Gasteiger charge is 2.24. The molecule has 0 atom stereocenters. The van der Waals surface area contributed by atoms with E-state index in [9.17, 15) is 14.0 Å². The number of methoxy groups -OCH3 is 1. The Labute approximate surface area is 137 Å². The van der Waals surface area contributed by atoms with Crippen molar-refractivity contribution in [3.05, 3.63) is 45.9 Å². The summed E-state index contributed by atoms with van der Waals surface area (Å²) in [6.07, 6.45) is 0. The number of carbonyl (C=O) groups is 1. The number of hydrogen-bond acceptors (Lipinski definition) is 5. The van der Waals surface area contributed by atoms with Gasteiger partial charge >= 0.3 is 5.69 Å². The van der Waals surface area contributed by atoms with Gasteiger partial charge in [-0.05, 0) is 17.7 Å². The third-order valence-corrected chi connectivity index (χ3v) is 3.99. The van der Waals surface area contributed by atoms with Crippen LogP contribution in [0.3, 0.4) is 0 Å². The van der Waals surface area contributed by atoms with E-state index >= 15 is 0 Å². The maximum Gasteiger partial charge on any atom is 0.341 e. The van der Waals surface area contributed by atoms with Crippen molar-refractivity contribution >= 4 is 5.91 Å². The van der Waals surface area contributed by atoms with Gasteiger partial charge in [0.05, 0.1) is 7.11 Å². The summed E-state index contributed by atoms with van der Waals surface area (Å²) in [6.45, 7) is 2.96. The predicted molar refractivity (Wildman–Crippen MR) is 83.3 cm³/mol. The third kappa shape index (κ3) is 3.46. The van der Waals surface area contributed by atoms with E-state index in [0.717, 1.165) is 5.56 Å². The van der Waals surface area contributed by atoms with Gasteiger partial charge < -0.3 is 9.64 Å². The predicted octanol–water partition coefficient (Wildman–Crippen LogP) is 0.204. The number of rotatable bonds is 4. The minimum Gasteiger partial charge on any atom is -0.494 e. The summed E-state index contributed by atoms with van der Waals surface area (Å²) in [6, 6.07) is 4.90. The lowest BCUT2D eigenvalue weighted by Crippen LogP contribution is -2.48. The summed E-state index contributed by atoms with van der Waals surface area (Å²) in [4.78, 5) is 29.3. The molecule has 0 unspecified atom stereocenters. The van der Waals surface area contributed by atoms with Crippen molar-refractivity contribution in [3.8, 4) is 5.75 Å². The number of ether oxygens (including phenoxy) is 1. The Morgan fingerprint density at radius 3 is 2.67 bits per heavy atom. The van der Waals surface area contributed by atoms with Gasteiger partial charge in [-0.1, -0.05) is 6.07 Å². The maximum absolute atomic E-state index is 13.7. The summed E-state index contributed by atoms with van der Waals surface area (Å²) in [5.41, 5.74) is 0.350. The summed E-state index contributed by atoms with van der Waals surface area (Å²) >= 11 is 0. The first kappa shape index (κ1) is 16.2. The number of nitrogens with one attached hydrogen (secondary N) is 2. The molecule has 3 rings (SSSR count). The topological polar surface area (TPSA) is 94.3 Å². The number of carbonyl (C=O) groups excluding carboxylic acids is 1. The number of aromatic amines is 2. The Balaban J connectivity index is 1.56. The molecule has 8 nitrogen and oxygen atoms in total. The lowest BCUT2D eigenvalue weighted by atomic mass is 10.2. The van der Waals surface area contributed by atoms with Crippen LogP contribution in [0.2, 0.25) is 0 Å². The van der Waals surface area contributed by atoms with Gasteiger partial charge in [-0.2, -0.15) is 0 Å². The Kier molecular flexibility index (Phi) is 4.61. The van der Waals surface area contributed by atoms with Crippen LogP contribution < -0.4 is 10.4 Å². The van der Waals surface area contributed by atoms with Crippen molar-refractivity contribution in [2.45, 2.75) is 6.54 Å². The van der Waals surface area contributed by atoms with Crippen molar-refractivity contribution in [3.63, 3.8) is 0 Å². The molecular weight excluding hydrogens is 317 g/mol. The van der Waals surface area contributed by atoms with Crippen molar-refractivity contribution in [1.82, 2.24) is 25.0 Å². The fourth-order valence-corrected chi connectivity index (χ4v) is 2.70. The molecule has 2 N–H and O–H groups in total. The summed E-state index contributed by atoms with van der Waals surface area (Å²) in [5.74, 6) is -0.442. The molecule has 0 aliphatic carbocycles. The van der Waals surface area contributed by atoms with Gasteiger partial charge in [-0.3, -0.25) is 14.7 Å². The molecule has 1 fully saturated rings. The average Bonchev–Trinajstić information content (AvgIpc) is 3.02. The normalized spacial score (nSPS) is 15.5. The molecule has 0 bridgehead atoms. The second kappa shape index (κ2) is 6.83. The van der Waals surface area contributed by atoms with Crippen molar-refractivity contribution in [1.29, 1.82) is 0 Å². The first-order valence-corrected chi connectivity index (χ1v) is 7.55. The van der Waals surface area contributed by atoms with Crippen molar-refractivity contribution in [2.24, 2.45) is 0 Å². The van der Waals surface area contributed by atoms with E-state index in [1.54, 1.807) is 11.0 Å². The summed E-state index contributed by atoms with van der Waals surface area (Å²) in [5, 5.41) is 5.83. The molecule has 1 saturated heterocycles. The number of benzene rings is 1. The number of nitrogens with zero attached hydrogens (tertiary/aromatic N) is 3. The molecule has 2 aromatic rings. The van der Waals surface area contributed by atoms with Crippen LogP contribution in [0.5, 0.6) is 5.75 Å². The molecule has 1 aliphatic heterocycles. The molecular formula is C15H18FN5O3. The van der Waals surface area contributed by atoms with E-state index in [4.69, 9.17) is 4.74 Å². The zero-order chi connectivity index (χ0) is 17.1. The lowest BCUT2D eigenvalue weighted by Gasteiger charge is -2.34. The molecule has 2 heterocycles. The van der Waals surface area contributed by atoms with Crippen LogP contribution in [0.15, 0.2) is 23.0 Å². The molecule has 128 valence electrons. The van der Waals surface area contributed by atoms with Crippen LogP contribution in [0.25, 0.3) is 0 Å². The zero-order valence-electron chi connectivity index (χ0n) is 13.2. The molecule has 1 aromatic carbocycles.